The van der Waals surface area contributed by atoms with E-state index < -0.39 is 16.2 Å². The van der Waals surface area contributed by atoms with Gasteiger partial charge in [-0.3, -0.25) is 29.3 Å². The number of aromatic nitrogens is 2. The van der Waals surface area contributed by atoms with Crippen LogP contribution in [0.25, 0.3) is 0 Å². The first kappa shape index (κ1) is 23.8. The van der Waals surface area contributed by atoms with Crippen LogP contribution in [0.15, 0.2) is 69.1 Å². The summed E-state index contributed by atoms with van der Waals surface area (Å²) >= 11 is 1.18. The number of H-pyrrole nitrogens is 1. The van der Waals surface area contributed by atoms with Crippen LogP contribution in [-0.2, 0) is 11.3 Å². The number of rotatable bonds is 9. The van der Waals surface area contributed by atoms with Gasteiger partial charge in [-0.15, -0.1) is 11.8 Å². The summed E-state index contributed by atoms with van der Waals surface area (Å²) in [6, 6.07) is 15.0. The molecule has 0 spiro atoms. The minimum atomic E-state index is -0.732. The van der Waals surface area contributed by atoms with E-state index in [1.54, 1.807) is 12.1 Å². The number of carbonyl (C=O) groups is 1. The van der Waals surface area contributed by atoms with Crippen LogP contribution in [0.2, 0.25) is 0 Å². The largest absolute Gasteiger partial charge is 0.383 e. The first-order valence-electron chi connectivity index (χ1n) is 10.2. The monoisotopic (exact) mass is 469 g/mol. The molecule has 33 heavy (non-hydrogen) atoms. The highest BCUT2D eigenvalue weighted by atomic mass is 32.2. The summed E-state index contributed by atoms with van der Waals surface area (Å²) in [5, 5.41) is 10.8. The molecule has 2 aromatic carbocycles. The Morgan fingerprint density at radius 3 is 2.42 bits per heavy atom. The van der Waals surface area contributed by atoms with Gasteiger partial charge in [0.2, 0.25) is 5.91 Å². The lowest BCUT2D eigenvalue weighted by atomic mass is 10.2. The van der Waals surface area contributed by atoms with E-state index in [0.717, 1.165) is 5.56 Å². The minimum absolute atomic E-state index is 0.0193. The summed E-state index contributed by atoms with van der Waals surface area (Å²) in [5.74, 6) is -0.480. The Kier molecular flexibility index (Phi) is 7.67. The number of nitrogens with two attached hydrogens (primary N) is 1. The molecule has 3 aromatic rings. The van der Waals surface area contributed by atoms with Gasteiger partial charge in [-0.2, -0.15) is 0 Å². The first-order chi connectivity index (χ1) is 15.8. The number of amides is 1. The van der Waals surface area contributed by atoms with Crippen LogP contribution in [0.3, 0.4) is 0 Å². The lowest BCUT2D eigenvalue weighted by Crippen LogP contribution is -2.42. The fourth-order valence-corrected chi connectivity index (χ4v) is 4.01. The molecule has 0 saturated carbocycles. The molecule has 1 aromatic heterocycles. The van der Waals surface area contributed by atoms with E-state index in [9.17, 15) is 24.5 Å². The molecule has 0 aliphatic carbocycles. The molecule has 0 aliphatic rings. The number of nitro benzene ring substituents is 1. The minimum Gasteiger partial charge on any atom is -0.383 e. The predicted molar refractivity (Wildman–Crippen MR) is 128 cm³/mol. The highest BCUT2D eigenvalue weighted by Crippen LogP contribution is 2.24. The van der Waals surface area contributed by atoms with Gasteiger partial charge in [0.1, 0.15) is 5.82 Å². The SMILES string of the molecule is CCCN(C(=O)CSc1ccc([N+](=O)[O-])cc1)c1c(N)n(Cc2ccccc2)c(=O)[nH]c1=O. The average molecular weight is 470 g/mol. The van der Waals surface area contributed by atoms with E-state index >= 15 is 0 Å². The maximum absolute atomic E-state index is 13.0. The number of nitrogen functional groups attached to an aromatic ring is 1. The molecule has 10 nitrogen and oxygen atoms in total. The first-order valence-corrected chi connectivity index (χ1v) is 11.1. The molecule has 0 saturated heterocycles. The molecule has 1 heterocycles. The van der Waals surface area contributed by atoms with Crippen LogP contribution in [0, 0.1) is 10.1 Å². The Balaban J connectivity index is 1.87. The number of nitrogens with zero attached hydrogens (tertiary/aromatic N) is 3. The number of aromatic amines is 1. The molecular formula is C22H23N5O5S. The molecule has 0 radical (unpaired) electrons. The molecule has 0 aliphatic heterocycles. The fraction of sp³-hybridized carbons (Fsp3) is 0.227. The van der Waals surface area contributed by atoms with Crippen LogP contribution < -0.4 is 21.9 Å². The predicted octanol–water partition coefficient (Wildman–Crippen LogP) is 2.61. The zero-order chi connectivity index (χ0) is 24.0. The van der Waals surface area contributed by atoms with Crippen molar-refractivity contribution in [3.63, 3.8) is 0 Å². The lowest BCUT2D eigenvalue weighted by Gasteiger charge is -2.24. The molecule has 172 valence electrons. The van der Waals surface area contributed by atoms with Crippen molar-refractivity contribution in [3.8, 4) is 0 Å². The van der Waals surface area contributed by atoms with Crippen LogP contribution in [0.4, 0.5) is 17.2 Å². The van der Waals surface area contributed by atoms with Gasteiger partial charge in [0.25, 0.3) is 11.2 Å². The summed E-state index contributed by atoms with van der Waals surface area (Å²) in [6.45, 7) is 2.23. The number of nitrogens with one attached hydrogen (secondary N) is 1. The molecule has 11 heteroatoms. The van der Waals surface area contributed by atoms with E-state index in [1.807, 2.05) is 37.3 Å². The van der Waals surface area contributed by atoms with Crippen molar-refractivity contribution in [1.29, 1.82) is 0 Å². The number of anilines is 2. The van der Waals surface area contributed by atoms with Gasteiger partial charge in [0.05, 0.1) is 17.2 Å². The van der Waals surface area contributed by atoms with E-state index in [1.165, 1.54) is 33.4 Å². The van der Waals surface area contributed by atoms with Crippen LogP contribution in [0.5, 0.6) is 0 Å². The van der Waals surface area contributed by atoms with Crippen molar-refractivity contribution in [1.82, 2.24) is 9.55 Å². The second kappa shape index (κ2) is 10.6. The average Bonchev–Trinajstić information content (AvgIpc) is 2.80. The molecule has 1 amide bonds. The van der Waals surface area contributed by atoms with Crippen molar-refractivity contribution < 1.29 is 9.72 Å². The summed E-state index contributed by atoms with van der Waals surface area (Å²) in [4.78, 5) is 52.6. The van der Waals surface area contributed by atoms with Crippen LogP contribution in [0.1, 0.15) is 18.9 Å². The molecule has 3 rings (SSSR count). The van der Waals surface area contributed by atoms with Crippen LogP contribution in [-0.4, -0.2) is 32.7 Å². The Morgan fingerprint density at radius 2 is 1.82 bits per heavy atom. The molecular weight excluding hydrogens is 446 g/mol. The van der Waals surface area contributed by atoms with E-state index in [4.69, 9.17) is 5.73 Å². The van der Waals surface area contributed by atoms with Crippen LogP contribution >= 0.6 is 11.8 Å². The topological polar surface area (TPSA) is 144 Å². The summed E-state index contributed by atoms with van der Waals surface area (Å²) in [5.41, 5.74) is 5.54. The molecule has 3 N–H and O–H groups in total. The van der Waals surface area contributed by atoms with Gasteiger partial charge < -0.3 is 10.6 Å². The number of hydrogen-bond donors (Lipinski definition) is 2. The number of hydrogen-bond acceptors (Lipinski definition) is 7. The van der Waals surface area contributed by atoms with E-state index in [0.29, 0.717) is 11.3 Å². The molecule has 0 unspecified atom stereocenters. The van der Waals surface area contributed by atoms with E-state index in [2.05, 4.69) is 4.98 Å². The van der Waals surface area contributed by atoms with Gasteiger partial charge in [0.15, 0.2) is 5.69 Å². The third kappa shape index (κ3) is 5.69. The lowest BCUT2D eigenvalue weighted by molar-refractivity contribution is -0.384. The van der Waals surface area contributed by atoms with Gasteiger partial charge in [0, 0.05) is 23.6 Å². The second-order valence-electron chi connectivity index (χ2n) is 7.15. The van der Waals surface area contributed by atoms with Gasteiger partial charge in [-0.05, 0) is 24.1 Å². The van der Waals surface area contributed by atoms with E-state index in [-0.39, 0.29) is 41.9 Å². The highest BCUT2D eigenvalue weighted by molar-refractivity contribution is 8.00. The number of carbonyl (C=O) groups excluding carboxylic acids is 1. The Bertz CT molecular complexity index is 1250. The zero-order valence-electron chi connectivity index (χ0n) is 17.9. The normalized spacial score (nSPS) is 10.7. The third-order valence-corrected chi connectivity index (χ3v) is 5.82. The van der Waals surface area contributed by atoms with Gasteiger partial charge in [-0.1, -0.05) is 37.3 Å². The zero-order valence-corrected chi connectivity index (χ0v) is 18.7. The van der Waals surface area contributed by atoms with Crippen molar-refractivity contribution in [2.24, 2.45) is 0 Å². The van der Waals surface area contributed by atoms with Crippen molar-refractivity contribution in [3.05, 3.63) is 91.1 Å². The molecule has 0 fully saturated rings. The summed E-state index contributed by atoms with van der Waals surface area (Å²) < 4.78 is 1.23. The smallest absolute Gasteiger partial charge is 0.330 e. The number of nitro groups is 1. The Labute approximate surface area is 193 Å². The van der Waals surface area contributed by atoms with Crippen molar-refractivity contribution >= 4 is 34.9 Å². The third-order valence-electron chi connectivity index (χ3n) is 4.83. The number of benzene rings is 2. The van der Waals surface area contributed by atoms with Crippen molar-refractivity contribution in [2.45, 2.75) is 24.8 Å². The maximum Gasteiger partial charge on any atom is 0.330 e. The van der Waals surface area contributed by atoms with Gasteiger partial charge in [-0.25, -0.2) is 4.79 Å². The number of thioether (sulfide) groups is 1. The fourth-order valence-electron chi connectivity index (χ4n) is 3.23. The standard InChI is InChI=1S/C22H23N5O5S/c1-2-12-25(18(28)14-33-17-10-8-16(9-11-17)27(31)32)19-20(23)26(22(30)24-21(19)29)13-15-6-4-3-5-7-15/h3-11H,2,12-14,23H2,1H3,(H,24,29,30). The highest BCUT2D eigenvalue weighted by Gasteiger charge is 2.24. The van der Waals surface area contributed by atoms with Crippen molar-refractivity contribution in [2.75, 3.05) is 22.9 Å². The number of non-ortho nitro benzene ring substituents is 1. The van der Waals surface area contributed by atoms with Gasteiger partial charge >= 0.3 is 5.69 Å². The quantitative estimate of drug-likeness (QED) is 0.278. The Morgan fingerprint density at radius 1 is 1.15 bits per heavy atom. The molecule has 0 atom stereocenters. The Hall–Kier alpha value is -3.86. The maximum atomic E-state index is 13.0. The summed E-state index contributed by atoms with van der Waals surface area (Å²) in [6.07, 6.45) is 0.560. The second-order valence-corrected chi connectivity index (χ2v) is 8.20. The molecule has 0 bridgehead atoms. The summed E-state index contributed by atoms with van der Waals surface area (Å²) in [7, 11) is 0.